The molecule has 0 unspecified atom stereocenters. The third kappa shape index (κ3) is 6.43. The highest BCUT2D eigenvalue weighted by Crippen LogP contribution is 2.59. The van der Waals surface area contributed by atoms with Gasteiger partial charge in [-0.3, -0.25) is 0 Å². The second-order valence-electron chi connectivity index (χ2n) is 23.4. The zero-order valence-corrected chi connectivity index (χ0v) is 42.5. The van der Waals surface area contributed by atoms with Gasteiger partial charge >= 0.3 is 0 Å². The van der Waals surface area contributed by atoms with E-state index in [1.807, 2.05) is 0 Å². The van der Waals surface area contributed by atoms with Crippen molar-refractivity contribution in [3.8, 4) is 44.5 Å². The van der Waals surface area contributed by atoms with Crippen LogP contribution in [0.4, 0.5) is 17.1 Å². The summed E-state index contributed by atoms with van der Waals surface area (Å²) in [5.41, 5.74) is 26.5. The number of benzene rings is 9. The first kappa shape index (κ1) is 44.0. The number of hydrogen-bond acceptors (Lipinski definition) is 1. The predicted molar refractivity (Wildman–Crippen MR) is 296 cm³/mol. The molecule has 0 aromatic heterocycles. The molecule has 1 heteroatoms. The number of hydrogen-bond donors (Lipinski definition) is 0. The molecule has 0 saturated carbocycles. The molecular formula is C69H63N. The topological polar surface area (TPSA) is 3.24 Å². The summed E-state index contributed by atoms with van der Waals surface area (Å²) >= 11 is 0. The van der Waals surface area contributed by atoms with Gasteiger partial charge in [0.25, 0.3) is 0 Å². The lowest BCUT2D eigenvalue weighted by Gasteiger charge is -2.36. The van der Waals surface area contributed by atoms with Crippen LogP contribution in [0.15, 0.2) is 200 Å². The van der Waals surface area contributed by atoms with Crippen LogP contribution in [-0.4, -0.2) is 0 Å². The molecule has 0 fully saturated rings. The summed E-state index contributed by atoms with van der Waals surface area (Å²) in [6.45, 7) is 23.4. The van der Waals surface area contributed by atoms with E-state index in [1.54, 1.807) is 0 Å². The van der Waals surface area contributed by atoms with Gasteiger partial charge in [-0.2, -0.15) is 0 Å². The van der Waals surface area contributed by atoms with Crippen LogP contribution >= 0.6 is 0 Å². The SMILES string of the molecule is CC(C)(C)c1ccc(C2(c3ccc(C(C)(C)C)cc3)c3ccccc3-c3ccc(N(c4ccc(-c5cccc6c5C(C)(C)c5ccccc5-6)cc4)c4ccc5c(c4)C(C)(C)c4ccccc4-5)cc32)cc1. The van der Waals surface area contributed by atoms with Crippen molar-refractivity contribution in [3.05, 3.63) is 256 Å². The van der Waals surface area contributed by atoms with Crippen molar-refractivity contribution >= 4 is 17.1 Å². The first-order valence-corrected chi connectivity index (χ1v) is 25.3. The summed E-state index contributed by atoms with van der Waals surface area (Å²) < 4.78 is 0. The maximum Gasteiger partial charge on any atom is 0.0714 e. The van der Waals surface area contributed by atoms with E-state index in [0.717, 1.165) is 17.1 Å². The molecule has 0 bridgehead atoms. The Morgan fingerprint density at radius 1 is 0.314 bits per heavy atom. The second kappa shape index (κ2) is 15.4. The predicted octanol–water partition coefficient (Wildman–Crippen LogP) is 18.4. The Labute approximate surface area is 416 Å². The Balaban J connectivity index is 1.08. The Kier molecular flexibility index (Phi) is 9.68. The second-order valence-corrected chi connectivity index (χ2v) is 23.4. The summed E-state index contributed by atoms with van der Waals surface area (Å²) in [7, 11) is 0. The number of fused-ring (bicyclic) bond motifs is 9. The molecule has 9 aromatic carbocycles. The summed E-state index contributed by atoms with van der Waals surface area (Å²) in [5.74, 6) is 0. The van der Waals surface area contributed by atoms with E-state index in [0.29, 0.717) is 0 Å². The molecule has 0 radical (unpaired) electrons. The Morgan fingerprint density at radius 3 is 1.26 bits per heavy atom. The quantitative estimate of drug-likeness (QED) is 0.161. The molecule has 0 heterocycles. The van der Waals surface area contributed by atoms with Crippen LogP contribution in [0.25, 0.3) is 44.5 Å². The summed E-state index contributed by atoms with van der Waals surface area (Å²) in [6.07, 6.45) is 0. The maximum absolute atomic E-state index is 2.52. The first-order chi connectivity index (χ1) is 33.5. The minimum atomic E-state index is -0.566. The summed E-state index contributed by atoms with van der Waals surface area (Å²) in [4.78, 5) is 2.51. The van der Waals surface area contributed by atoms with Gasteiger partial charge in [0.2, 0.25) is 0 Å². The van der Waals surface area contributed by atoms with Gasteiger partial charge in [0.1, 0.15) is 0 Å². The summed E-state index contributed by atoms with van der Waals surface area (Å²) in [5, 5.41) is 0. The number of anilines is 3. The zero-order valence-electron chi connectivity index (χ0n) is 42.5. The van der Waals surface area contributed by atoms with Crippen LogP contribution < -0.4 is 4.90 Å². The van der Waals surface area contributed by atoms with Crippen LogP contribution in [0.3, 0.4) is 0 Å². The van der Waals surface area contributed by atoms with Gasteiger partial charge in [-0.05, 0) is 147 Å². The molecule has 0 spiro atoms. The third-order valence-electron chi connectivity index (χ3n) is 16.5. The molecule has 70 heavy (non-hydrogen) atoms. The van der Waals surface area contributed by atoms with Crippen molar-refractivity contribution in [2.75, 3.05) is 4.90 Å². The van der Waals surface area contributed by atoms with Gasteiger partial charge in [-0.25, -0.2) is 0 Å². The van der Waals surface area contributed by atoms with Crippen LogP contribution in [0, 0.1) is 0 Å². The van der Waals surface area contributed by atoms with Gasteiger partial charge in [0.15, 0.2) is 0 Å². The van der Waals surface area contributed by atoms with Crippen LogP contribution in [-0.2, 0) is 27.1 Å². The largest absolute Gasteiger partial charge is 0.310 e. The van der Waals surface area contributed by atoms with Gasteiger partial charge in [0, 0.05) is 27.9 Å². The van der Waals surface area contributed by atoms with Gasteiger partial charge < -0.3 is 4.90 Å². The Bertz CT molecular complexity index is 3470. The van der Waals surface area contributed by atoms with Crippen molar-refractivity contribution in [2.24, 2.45) is 0 Å². The van der Waals surface area contributed by atoms with Crippen molar-refractivity contribution in [2.45, 2.75) is 96.3 Å². The minimum Gasteiger partial charge on any atom is -0.310 e. The molecule has 3 aliphatic carbocycles. The maximum atomic E-state index is 2.52. The zero-order chi connectivity index (χ0) is 48.5. The molecule has 0 amide bonds. The van der Waals surface area contributed by atoms with Crippen molar-refractivity contribution < 1.29 is 0 Å². The van der Waals surface area contributed by atoms with Gasteiger partial charge in [-0.15, -0.1) is 0 Å². The van der Waals surface area contributed by atoms with E-state index < -0.39 is 5.41 Å². The molecule has 3 aliphatic rings. The van der Waals surface area contributed by atoms with E-state index in [9.17, 15) is 0 Å². The highest BCUT2D eigenvalue weighted by Gasteiger charge is 2.47. The van der Waals surface area contributed by atoms with Gasteiger partial charge in [-0.1, -0.05) is 233 Å². The standard InChI is InChI=1S/C69H63N/c1-65(2,3)45-28-32-47(33-29-45)69(48-34-30-46(31-35-48)66(4,5)6)61-25-16-13-19-54(61)57-41-39-51(43-63(57)69)70(50-38-40-56-53-18-11-14-23-59(53)67(7,8)62(56)42-50)49-36-26-44(27-37-49)52-21-17-22-58-55-20-12-15-24-60(55)68(9,10)64(52)58/h11-43H,1-10H3. The van der Waals surface area contributed by atoms with E-state index in [4.69, 9.17) is 0 Å². The average molecular weight is 906 g/mol. The summed E-state index contributed by atoms with van der Waals surface area (Å²) in [6, 6.07) is 76.9. The fourth-order valence-electron chi connectivity index (χ4n) is 12.8. The minimum absolute atomic E-state index is 0.0301. The highest BCUT2D eigenvalue weighted by molar-refractivity contribution is 5.92. The molecule has 0 saturated heterocycles. The van der Waals surface area contributed by atoms with Gasteiger partial charge in [0.05, 0.1) is 5.41 Å². The van der Waals surface area contributed by atoms with Crippen molar-refractivity contribution in [1.29, 1.82) is 0 Å². The molecule has 0 atom stereocenters. The fourth-order valence-corrected chi connectivity index (χ4v) is 12.8. The lowest BCUT2D eigenvalue weighted by molar-refractivity contribution is 0.588. The van der Waals surface area contributed by atoms with E-state index in [1.165, 1.54) is 100 Å². The van der Waals surface area contributed by atoms with Crippen LogP contribution in [0.1, 0.15) is 125 Å². The molecule has 12 rings (SSSR count). The lowest BCUT2D eigenvalue weighted by atomic mass is 9.67. The van der Waals surface area contributed by atoms with Crippen LogP contribution in [0.2, 0.25) is 0 Å². The molecule has 0 aliphatic heterocycles. The van der Waals surface area contributed by atoms with Crippen LogP contribution in [0.5, 0.6) is 0 Å². The van der Waals surface area contributed by atoms with Crippen molar-refractivity contribution in [3.63, 3.8) is 0 Å². The average Bonchev–Trinajstić information content (AvgIpc) is 3.88. The smallest absolute Gasteiger partial charge is 0.0714 e. The number of rotatable bonds is 6. The monoisotopic (exact) mass is 905 g/mol. The van der Waals surface area contributed by atoms with E-state index >= 15 is 0 Å². The third-order valence-corrected chi connectivity index (χ3v) is 16.5. The first-order valence-electron chi connectivity index (χ1n) is 25.3. The van der Waals surface area contributed by atoms with E-state index in [-0.39, 0.29) is 21.7 Å². The number of nitrogens with zero attached hydrogens (tertiary/aromatic N) is 1. The molecule has 0 N–H and O–H groups in total. The fraction of sp³-hybridized carbons (Fsp3) is 0.217. The van der Waals surface area contributed by atoms with E-state index in [2.05, 4.69) is 274 Å². The normalized spacial score (nSPS) is 15.3. The highest BCUT2D eigenvalue weighted by atomic mass is 15.1. The Hall–Kier alpha value is -7.22. The Morgan fingerprint density at radius 2 is 0.714 bits per heavy atom. The molecule has 1 nitrogen and oxygen atoms in total. The van der Waals surface area contributed by atoms with Crippen molar-refractivity contribution in [1.82, 2.24) is 0 Å². The lowest BCUT2D eigenvalue weighted by Crippen LogP contribution is -2.29. The molecule has 344 valence electrons. The molecular weight excluding hydrogens is 843 g/mol. The molecule has 9 aromatic rings.